The van der Waals surface area contributed by atoms with Crippen molar-refractivity contribution in [2.45, 2.75) is 188 Å². The van der Waals surface area contributed by atoms with E-state index < -0.39 is 0 Å². The summed E-state index contributed by atoms with van der Waals surface area (Å²) in [4.78, 5) is 5.07. The Balaban J connectivity index is -0.000000231. The quantitative estimate of drug-likeness (QED) is 0.245. The Hall–Kier alpha value is -0.200. The minimum atomic E-state index is 0.363. The molecule has 4 aliphatic heterocycles. The van der Waals surface area contributed by atoms with Crippen LogP contribution in [0.15, 0.2) is 0 Å². The molecule has 4 heterocycles. The van der Waals surface area contributed by atoms with Crippen molar-refractivity contribution in [2.75, 3.05) is 58.9 Å². The van der Waals surface area contributed by atoms with Gasteiger partial charge in [0, 0.05) is 43.3 Å². The molecule has 4 fully saturated rings. The molecule has 0 bridgehead atoms. The van der Waals surface area contributed by atoms with Gasteiger partial charge in [-0.25, -0.2) is 0 Å². The van der Waals surface area contributed by atoms with Gasteiger partial charge in [-0.15, -0.1) is 0 Å². The highest BCUT2D eigenvalue weighted by molar-refractivity contribution is 4.85. The van der Waals surface area contributed by atoms with Gasteiger partial charge in [-0.3, -0.25) is 9.80 Å². The first-order valence-corrected chi connectivity index (χ1v) is 19.6. The molecule has 0 aromatic rings. The molecule has 0 saturated carbocycles. The molecule has 0 aromatic heterocycles. The van der Waals surface area contributed by atoms with Crippen molar-refractivity contribution in [3.8, 4) is 0 Å². The summed E-state index contributed by atoms with van der Waals surface area (Å²) in [7, 11) is 0. The summed E-state index contributed by atoms with van der Waals surface area (Å²) < 4.78 is 0. The van der Waals surface area contributed by atoms with Crippen LogP contribution in [-0.2, 0) is 0 Å². The highest BCUT2D eigenvalue weighted by Gasteiger charge is 2.27. The first-order valence-electron chi connectivity index (χ1n) is 19.6. The molecule has 2 atom stereocenters. The van der Waals surface area contributed by atoms with Crippen molar-refractivity contribution < 1.29 is 0 Å². The van der Waals surface area contributed by atoms with Crippen LogP contribution in [0.25, 0.3) is 0 Å². The van der Waals surface area contributed by atoms with E-state index in [4.69, 9.17) is 0 Å². The molecular formula is C40H93N5. The van der Waals surface area contributed by atoms with Crippen LogP contribution in [0.4, 0.5) is 0 Å². The average molecular weight is 644 g/mol. The molecule has 0 aromatic carbocycles. The van der Waals surface area contributed by atoms with Gasteiger partial charge in [0.15, 0.2) is 0 Å². The minimum Gasteiger partial charge on any atom is -0.316 e. The third-order valence-electron chi connectivity index (χ3n) is 8.51. The Kier molecular flexibility index (Phi) is 33.0. The first kappa shape index (κ1) is 51.6. The Morgan fingerprint density at radius 1 is 0.444 bits per heavy atom. The molecule has 0 aliphatic carbocycles. The molecule has 4 rings (SSSR count). The lowest BCUT2D eigenvalue weighted by molar-refractivity contribution is 0.119. The highest BCUT2D eigenvalue weighted by Crippen LogP contribution is 2.30. The number of hydrogen-bond acceptors (Lipinski definition) is 5. The second-order valence-corrected chi connectivity index (χ2v) is 15.8. The number of piperazine rings is 1. The summed E-state index contributed by atoms with van der Waals surface area (Å²) in [6, 6.07) is 0.762. The third-order valence-corrected chi connectivity index (χ3v) is 8.51. The van der Waals surface area contributed by atoms with Crippen molar-refractivity contribution in [1.29, 1.82) is 0 Å². The maximum absolute atomic E-state index is 3.50. The van der Waals surface area contributed by atoms with Crippen LogP contribution >= 0.6 is 0 Å². The van der Waals surface area contributed by atoms with E-state index in [2.05, 4.69) is 109 Å². The molecule has 5 heteroatoms. The monoisotopic (exact) mass is 644 g/mol. The fourth-order valence-electron chi connectivity index (χ4n) is 5.54. The molecule has 278 valence electrons. The molecular weight excluding hydrogens is 550 g/mol. The standard InChI is InChI=1S/C8H18N2.3C8H17N.4C2H6/c1-8(2,3)10-6-4-9-5-7-10;1-8(2,3)7-4-5-9-6-7;1-8(2,3)9-6-4-5-7-9;1-8(2,3)7-5-4-6-9-7;4*1-2/h9H,4-7H2,1-3H3;7,9H,4-6H2,1-3H3;4-7H2,1-3H3;7,9H,4-6H2,1-3H3;4*1-2H3. The highest BCUT2D eigenvalue weighted by atomic mass is 15.2. The van der Waals surface area contributed by atoms with Crippen molar-refractivity contribution in [1.82, 2.24) is 25.8 Å². The van der Waals surface area contributed by atoms with E-state index in [-0.39, 0.29) is 0 Å². The fourth-order valence-corrected chi connectivity index (χ4v) is 5.54. The zero-order valence-electron chi connectivity index (χ0n) is 35.4. The van der Waals surface area contributed by atoms with Gasteiger partial charge in [0.25, 0.3) is 0 Å². The summed E-state index contributed by atoms with van der Waals surface area (Å²) in [5.41, 5.74) is 1.76. The van der Waals surface area contributed by atoms with Gasteiger partial charge in [-0.05, 0) is 123 Å². The van der Waals surface area contributed by atoms with E-state index in [1.54, 1.807) is 0 Å². The summed E-state index contributed by atoms with van der Waals surface area (Å²) >= 11 is 0. The number of rotatable bonds is 0. The summed E-state index contributed by atoms with van der Waals surface area (Å²) in [5, 5.41) is 10.2. The zero-order chi connectivity index (χ0) is 36.3. The lowest BCUT2D eigenvalue weighted by atomic mass is 9.80. The van der Waals surface area contributed by atoms with Gasteiger partial charge in [0.2, 0.25) is 0 Å². The van der Waals surface area contributed by atoms with Gasteiger partial charge >= 0.3 is 0 Å². The molecule has 0 spiro atoms. The minimum absolute atomic E-state index is 0.363. The maximum Gasteiger partial charge on any atom is 0.0126 e. The molecule has 0 amide bonds. The Bertz CT molecular complexity index is 506. The Labute approximate surface area is 288 Å². The summed E-state index contributed by atoms with van der Waals surface area (Å²) in [6.07, 6.45) is 6.89. The lowest BCUT2D eigenvalue weighted by Gasteiger charge is -2.38. The molecule has 2 unspecified atom stereocenters. The van der Waals surface area contributed by atoms with Gasteiger partial charge in [-0.2, -0.15) is 0 Å². The van der Waals surface area contributed by atoms with Crippen LogP contribution in [-0.4, -0.2) is 85.8 Å². The van der Waals surface area contributed by atoms with E-state index >= 15 is 0 Å². The van der Waals surface area contributed by atoms with Crippen molar-refractivity contribution >= 4 is 0 Å². The molecule has 0 radical (unpaired) electrons. The fraction of sp³-hybridized carbons (Fsp3) is 1.00. The predicted molar refractivity (Wildman–Crippen MR) is 211 cm³/mol. The van der Waals surface area contributed by atoms with E-state index in [0.29, 0.717) is 21.9 Å². The van der Waals surface area contributed by atoms with E-state index in [1.807, 2.05) is 55.4 Å². The van der Waals surface area contributed by atoms with Crippen LogP contribution < -0.4 is 16.0 Å². The Morgan fingerprint density at radius 3 is 1.07 bits per heavy atom. The largest absolute Gasteiger partial charge is 0.316 e. The van der Waals surface area contributed by atoms with Gasteiger partial charge in [0.05, 0.1) is 0 Å². The van der Waals surface area contributed by atoms with Crippen LogP contribution in [0, 0.1) is 16.7 Å². The average Bonchev–Trinajstić information content (AvgIpc) is 3.82. The van der Waals surface area contributed by atoms with E-state index in [1.165, 1.54) is 77.9 Å². The number of nitrogens with zero attached hydrogens (tertiary/aromatic N) is 2. The summed E-state index contributed by atoms with van der Waals surface area (Å²) in [6.45, 7) is 54.6. The van der Waals surface area contributed by atoms with Crippen LogP contribution in [0.3, 0.4) is 0 Å². The normalized spacial score (nSPS) is 21.9. The maximum atomic E-state index is 3.50. The Morgan fingerprint density at radius 2 is 0.867 bits per heavy atom. The molecule has 4 aliphatic rings. The topological polar surface area (TPSA) is 42.6 Å². The lowest BCUT2D eigenvalue weighted by Crippen LogP contribution is -2.51. The second-order valence-electron chi connectivity index (χ2n) is 15.8. The SMILES string of the molecule is CC.CC.CC.CC.CC(C)(C)C1CCCN1.CC(C)(C)C1CCNC1.CC(C)(C)N1CCCC1.CC(C)(C)N1CCNCC1. The smallest absolute Gasteiger partial charge is 0.0126 e. The second kappa shape index (κ2) is 28.8. The third kappa shape index (κ3) is 27.5. The molecule has 5 nitrogen and oxygen atoms in total. The molecule has 4 saturated heterocycles. The van der Waals surface area contributed by atoms with Crippen molar-refractivity contribution in [2.24, 2.45) is 16.7 Å². The number of hydrogen-bond donors (Lipinski definition) is 3. The summed E-state index contributed by atoms with van der Waals surface area (Å²) in [5.74, 6) is 0.900. The first-order chi connectivity index (χ1) is 20.9. The molecule has 45 heavy (non-hydrogen) atoms. The van der Waals surface area contributed by atoms with Crippen molar-refractivity contribution in [3.05, 3.63) is 0 Å². The van der Waals surface area contributed by atoms with Gasteiger partial charge in [-0.1, -0.05) is 96.9 Å². The van der Waals surface area contributed by atoms with E-state index in [9.17, 15) is 0 Å². The predicted octanol–water partition coefficient (Wildman–Crippen LogP) is 10.1. The van der Waals surface area contributed by atoms with Gasteiger partial charge < -0.3 is 16.0 Å². The zero-order valence-corrected chi connectivity index (χ0v) is 35.4. The van der Waals surface area contributed by atoms with Gasteiger partial charge in [0.1, 0.15) is 0 Å². The van der Waals surface area contributed by atoms with Crippen LogP contribution in [0.1, 0.15) is 171 Å². The van der Waals surface area contributed by atoms with Crippen molar-refractivity contribution in [3.63, 3.8) is 0 Å². The number of nitrogens with one attached hydrogen (secondary N) is 3. The van der Waals surface area contributed by atoms with Crippen LogP contribution in [0.5, 0.6) is 0 Å². The number of likely N-dealkylation sites (tertiary alicyclic amines) is 1. The van der Waals surface area contributed by atoms with E-state index in [0.717, 1.165) is 25.0 Å². The molecule has 3 N–H and O–H groups in total. The van der Waals surface area contributed by atoms with Crippen LogP contribution in [0.2, 0.25) is 0 Å².